The van der Waals surface area contributed by atoms with Crippen LogP contribution in [-0.4, -0.2) is 46.2 Å². The van der Waals surface area contributed by atoms with Crippen LogP contribution in [0.25, 0.3) is 0 Å². The summed E-state index contributed by atoms with van der Waals surface area (Å²) < 4.78 is 0. The zero-order valence-corrected chi connectivity index (χ0v) is 13.6. The highest BCUT2D eigenvalue weighted by Crippen LogP contribution is 2.26. The fraction of sp³-hybridized carbons (Fsp3) is 0.688. The number of aromatic nitrogens is 2. The fourth-order valence-corrected chi connectivity index (χ4v) is 2.74. The van der Waals surface area contributed by atoms with Crippen LogP contribution >= 0.6 is 0 Å². The minimum Gasteiger partial charge on any atom is -0.337 e. The average Bonchev–Trinajstić information content (AvgIpc) is 3.01. The Balaban J connectivity index is 1.81. The number of hydrogen-bond donors (Lipinski definition) is 2. The monoisotopic (exact) mass is 303 g/mol. The number of rotatable bonds is 5. The maximum atomic E-state index is 12.2. The first-order valence-corrected chi connectivity index (χ1v) is 7.88. The van der Waals surface area contributed by atoms with Gasteiger partial charge in [0.1, 0.15) is 5.54 Å². The summed E-state index contributed by atoms with van der Waals surface area (Å²) in [4.78, 5) is 14.3. The van der Waals surface area contributed by atoms with Crippen LogP contribution in [0.5, 0.6) is 0 Å². The van der Waals surface area contributed by atoms with Crippen LogP contribution in [0.1, 0.15) is 45.1 Å². The number of carbonyl (C=O) groups excluding carboxylic acids is 1. The lowest BCUT2D eigenvalue weighted by Crippen LogP contribution is -2.52. The van der Waals surface area contributed by atoms with Crippen LogP contribution in [0.2, 0.25) is 0 Å². The van der Waals surface area contributed by atoms with Crippen LogP contribution in [0, 0.1) is 17.2 Å². The second-order valence-corrected chi connectivity index (χ2v) is 6.60. The topological polar surface area (TPSA) is 84.8 Å². The molecule has 1 aromatic rings. The van der Waals surface area contributed by atoms with Crippen LogP contribution < -0.4 is 5.32 Å². The molecule has 2 rings (SSSR count). The van der Waals surface area contributed by atoms with E-state index in [0.29, 0.717) is 12.5 Å². The normalized spacial score (nSPS) is 19.6. The Kier molecular flexibility index (Phi) is 5.19. The van der Waals surface area contributed by atoms with Crippen molar-refractivity contribution < 1.29 is 4.79 Å². The van der Waals surface area contributed by atoms with Gasteiger partial charge in [-0.25, -0.2) is 0 Å². The first-order chi connectivity index (χ1) is 10.4. The molecule has 120 valence electrons. The van der Waals surface area contributed by atoms with Gasteiger partial charge in [-0.2, -0.15) is 10.4 Å². The lowest BCUT2D eigenvalue weighted by atomic mass is 9.90. The van der Waals surface area contributed by atoms with Crippen molar-refractivity contribution in [2.45, 2.75) is 45.1 Å². The number of hydrogen-bond acceptors (Lipinski definition) is 4. The van der Waals surface area contributed by atoms with E-state index in [0.717, 1.165) is 25.9 Å². The van der Waals surface area contributed by atoms with Crippen molar-refractivity contribution in [1.82, 2.24) is 20.4 Å². The van der Waals surface area contributed by atoms with Gasteiger partial charge < -0.3 is 5.32 Å². The first-order valence-electron chi connectivity index (χ1n) is 7.88. The predicted molar refractivity (Wildman–Crippen MR) is 84.0 cm³/mol. The summed E-state index contributed by atoms with van der Waals surface area (Å²) in [6, 6.07) is 2.21. The van der Waals surface area contributed by atoms with Crippen LogP contribution in [0.3, 0.4) is 0 Å². The maximum Gasteiger partial charge on any atom is 0.235 e. The van der Waals surface area contributed by atoms with Gasteiger partial charge in [0, 0.05) is 6.20 Å². The van der Waals surface area contributed by atoms with E-state index in [4.69, 9.17) is 0 Å². The molecular formula is C16H25N5O. The van der Waals surface area contributed by atoms with Crippen LogP contribution in [-0.2, 0) is 4.79 Å². The van der Waals surface area contributed by atoms with E-state index in [1.807, 2.05) is 26.2 Å². The van der Waals surface area contributed by atoms with Gasteiger partial charge in [-0.05, 0) is 50.3 Å². The molecule has 22 heavy (non-hydrogen) atoms. The molecule has 6 nitrogen and oxygen atoms in total. The first kappa shape index (κ1) is 16.5. The van der Waals surface area contributed by atoms with Gasteiger partial charge in [0.05, 0.1) is 18.8 Å². The van der Waals surface area contributed by atoms with Crippen molar-refractivity contribution in [2.24, 2.45) is 5.92 Å². The molecule has 6 heteroatoms. The highest BCUT2D eigenvalue weighted by Gasteiger charge is 2.31. The number of nitriles is 1. The molecule has 0 radical (unpaired) electrons. The van der Waals surface area contributed by atoms with E-state index in [-0.39, 0.29) is 11.8 Å². The highest BCUT2D eigenvalue weighted by atomic mass is 16.2. The number of likely N-dealkylation sites (tertiary alicyclic amines) is 1. The summed E-state index contributed by atoms with van der Waals surface area (Å²) in [7, 11) is 0. The largest absolute Gasteiger partial charge is 0.337 e. The van der Waals surface area contributed by atoms with Gasteiger partial charge in [-0.15, -0.1) is 0 Å². The van der Waals surface area contributed by atoms with Crippen LogP contribution in [0.4, 0.5) is 0 Å². The SMILES string of the molecule is CC(C)[C@@](C)(C#N)NC(=O)CN1CCC(c2cn[nH]c2)CC1. The molecule has 0 bridgehead atoms. The molecule has 1 amide bonds. The van der Waals surface area contributed by atoms with Gasteiger partial charge in [-0.3, -0.25) is 14.8 Å². The van der Waals surface area contributed by atoms with E-state index in [2.05, 4.69) is 26.5 Å². The third-order valence-electron chi connectivity index (χ3n) is 4.73. The Bertz CT molecular complexity index is 525. The number of nitrogens with zero attached hydrogens (tertiary/aromatic N) is 3. The summed E-state index contributed by atoms with van der Waals surface area (Å²) in [5.41, 5.74) is 0.451. The molecule has 0 saturated carbocycles. The van der Waals surface area contributed by atoms with Crippen molar-refractivity contribution in [3.8, 4) is 6.07 Å². The number of amides is 1. The number of piperidine rings is 1. The van der Waals surface area contributed by atoms with Gasteiger partial charge in [0.2, 0.25) is 5.91 Å². The molecule has 1 fully saturated rings. The summed E-state index contributed by atoms with van der Waals surface area (Å²) in [5, 5.41) is 19.0. The molecule has 1 aliphatic rings. The van der Waals surface area contributed by atoms with Gasteiger partial charge in [-0.1, -0.05) is 13.8 Å². The zero-order chi connectivity index (χ0) is 16.2. The molecule has 0 unspecified atom stereocenters. The third-order valence-corrected chi connectivity index (χ3v) is 4.73. The number of aromatic amines is 1. The summed E-state index contributed by atoms with van der Waals surface area (Å²) >= 11 is 0. The summed E-state index contributed by atoms with van der Waals surface area (Å²) in [6.45, 7) is 7.82. The van der Waals surface area contributed by atoms with Crippen molar-refractivity contribution in [1.29, 1.82) is 5.26 Å². The molecule has 0 spiro atoms. The molecule has 1 aliphatic heterocycles. The van der Waals surface area contributed by atoms with E-state index in [1.54, 1.807) is 6.92 Å². The van der Waals surface area contributed by atoms with Crippen LogP contribution in [0.15, 0.2) is 12.4 Å². The zero-order valence-electron chi connectivity index (χ0n) is 13.6. The summed E-state index contributed by atoms with van der Waals surface area (Å²) in [6.07, 6.45) is 5.90. The Morgan fingerprint density at radius 2 is 2.27 bits per heavy atom. The fourth-order valence-electron chi connectivity index (χ4n) is 2.74. The molecule has 2 heterocycles. The Morgan fingerprint density at radius 3 is 2.77 bits per heavy atom. The van der Waals surface area contributed by atoms with E-state index in [9.17, 15) is 10.1 Å². The molecule has 1 atom stereocenters. The second-order valence-electron chi connectivity index (χ2n) is 6.60. The van der Waals surface area contributed by atoms with Crippen molar-refractivity contribution in [3.05, 3.63) is 18.0 Å². The summed E-state index contributed by atoms with van der Waals surface area (Å²) in [5.74, 6) is 0.533. The van der Waals surface area contributed by atoms with E-state index in [1.165, 1.54) is 5.56 Å². The minimum absolute atomic E-state index is 0.0699. The molecule has 0 aliphatic carbocycles. The van der Waals surface area contributed by atoms with Crippen molar-refractivity contribution in [3.63, 3.8) is 0 Å². The van der Waals surface area contributed by atoms with E-state index >= 15 is 0 Å². The molecule has 2 N–H and O–H groups in total. The predicted octanol–water partition coefficient (Wildman–Crippen LogP) is 1.64. The molecule has 1 aromatic heterocycles. The minimum atomic E-state index is -0.799. The third kappa shape index (κ3) is 3.86. The Morgan fingerprint density at radius 1 is 1.59 bits per heavy atom. The maximum absolute atomic E-state index is 12.2. The van der Waals surface area contributed by atoms with Gasteiger partial charge >= 0.3 is 0 Å². The number of nitrogens with one attached hydrogen (secondary N) is 2. The number of carbonyl (C=O) groups is 1. The Labute approximate surface area is 131 Å². The quantitative estimate of drug-likeness (QED) is 0.866. The second kappa shape index (κ2) is 6.93. The molecule has 0 aromatic carbocycles. The van der Waals surface area contributed by atoms with Crippen molar-refractivity contribution >= 4 is 5.91 Å². The molecule has 1 saturated heterocycles. The van der Waals surface area contributed by atoms with Gasteiger partial charge in [0.25, 0.3) is 0 Å². The van der Waals surface area contributed by atoms with Crippen molar-refractivity contribution in [2.75, 3.05) is 19.6 Å². The Hall–Kier alpha value is -1.87. The van der Waals surface area contributed by atoms with E-state index < -0.39 is 5.54 Å². The standard InChI is InChI=1S/C16H25N5O/c1-12(2)16(3,11-17)20-15(22)10-21-6-4-13(5-7-21)14-8-18-19-9-14/h8-9,12-13H,4-7,10H2,1-3H3,(H,18,19)(H,20,22)/t16-/m1/s1. The smallest absolute Gasteiger partial charge is 0.235 e. The average molecular weight is 303 g/mol. The highest BCUT2D eigenvalue weighted by molar-refractivity contribution is 5.79. The number of H-pyrrole nitrogens is 1. The lowest BCUT2D eigenvalue weighted by Gasteiger charge is -2.33. The van der Waals surface area contributed by atoms with Gasteiger partial charge in [0.15, 0.2) is 0 Å². The molecular weight excluding hydrogens is 278 g/mol. The lowest BCUT2D eigenvalue weighted by molar-refractivity contribution is -0.124.